The molecule has 0 aliphatic rings. The minimum Gasteiger partial charge on any atom is -0.481 e. The van der Waals surface area contributed by atoms with E-state index in [9.17, 15) is 4.79 Å². The second-order valence-corrected chi connectivity index (χ2v) is 2.16. The lowest BCUT2D eigenvalue weighted by Gasteiger charge is -2.10. The summed E-state index contributed by atoms with van der Waals surface area (Å²) >= 11 is 0. The van der Waals surface area contributed by atoms with E-state index in [2.05, 4.69) is 4.74 Å². The van der Waals surface area contributed by atoms with Crippen LogP contribution in [0.4, 0.5) is 0 Å². The Morgan fingerprint density at radius 3 is 2.83 bits per heavy atom. The standard InChI is InChI=1S/C7H11NO4/c1-11-5-12-6(2-3-8)4-7(9)10/h6H,2,4-5H2,1H3,(H,9,10)/t6-/m0/s1. The van der Waals surface area contributed by atoms with Crippen molar-refractivity contribution in [2.75, 3.05) is 13.9 Å². The maximum Gasteiger partial charge on any atom is 0.306 e. The van der Waals surface area contributed by atoms with Gasteiger partial charge in [-0.15, -0.1) is 0 Å². The molecule has 12 heavy (non-hydrogen) atoms. The number of methoxy groups -OCH3 is 1. The molecule has 0 amide bonds. The van der Waals surface area contributed by atoms with Crippen molar-refractivity contribution in [1.29, 1.82) is 5.26 Å². The maximum atomic E-state index is 10.2. The van der Waals surface area contributed by atoms with Crippen molar-refractivity contribution in [1.82, 2.24) is 0 Å². The van der Waals surface area contributed by atoms with Crippen LogP contribution in [0.3, 0.4) is 0 Å². The first-order valence-electron chi connectivity index (χ1n) is 3.40. The summed E-state index contributed by atoms with van der Waals surface area (Å²) in [5.74, 6) is -0.980. The van der Waals surface area contributed by atoms with Gasteiger partial charge in [0.2, 0.25) is 0 Å². The minimum absolute atomic E-state index is 0.0135. The lowest BCUT2D eigenvalue weighted by molar-refractivity contribution is -0.143. The Morgan fingerprint density at radius 1 is 1.75 bits per heavy atom. The first kappa shape index (κ1) is 10.9. The summed E-state index contributed by atoms with van der Waals surface area (Å²) in [6.07, 6.45) is -0.681. The van der Waals surface area contributed by atoms with Crippen molar-refractivity contribution in [3.8, 4) is 6.07 Å². The van der Waals surface area contributed by atoms with Crippen molar-refractivity contribution in [3.05, 3.63) is 0 Å². The molecule has 0 aromatic heterocycles. The number of carboxylic acid groups (broad SMARTS) is 1. The number of nitrogens with zero attached hydrogens (tertiary/aromatic N) is 1. The molecule has 0 aromatic carbocycles. The van der Waals surface area contributed by atoms with E-state index in [4.69, 9.17) is 15.1 Å². The Bertz CT molecular complexity index is 175. The van der Waals surface area contributed by atoms with Crippen LogP contribution in [-0.2, 0) is 14.3 Å². The van der Waals surface area contributed by atoms with Crippen LogP contribution in [0.2, 0.25) is 0 Å². The van der Waals surface area contributed by atoms with Gasteiger partial charge in [-0.3, -0.25) is 4.79 Å². The molecule has 1 atom stereocenters. The van der Waals surface area contributed by atoms with Crippen LogP contribution < -0.4 is 0 Å². The average molecular weight is 173 g/mol. The molecule has 5 nitrogen and oxygen atoms in total. The summed E-state index contributed by atoms with van der Waals surface area (Å²) in [6.45, 7) is 0.0135. The maximum absolute atomic E-state index is 10.2. The third-order valence-electron chi connectivity index (χ3n) is 1.14. The van der Waals surface area contributed by atoms with E-state index in [1.54, 1.807) is 0 Å². The third kappa shape index (κ3) is 5.65. The number of carboxylic acids is 1. The lowest BCUT2D eigenvalue weighted by atomic mass is 10.2. The molecular formula is C7H11NO4. The number of carbonyl (C=O) groups is 1. The highest BCUT2D eigenvalue weighted by Gasteiger charge is 2.12. The Morgan fingerprint density at radius 2 is 2.42 bits per heavy atom. The monoisotopic (exact) mass is 173 g/mol. The molecule has 0 bridgehead atoms. The SMILES string of the molecule is COCO[C@@H](CC#N)CC(=O)O. The predicted octanol–water partition coefficient (Wildman–Crippen LogP) is 0.364. The van der Waals surface area contributed by atoms with Crippen molar-refractivity contribution in [2.45, 2.75) is 18.9 Å². The van der Waals surface area contributed by atoms with Gasteiger partial charge >= 0.3 is 5.97 Å². The van der Waals surface area contributed by atoms with Gasteiger partial charge in [-0.1, -0.05) is 0 Å². The summed E-state index contributed by atoms with van der Waals surface area (Å²) in [6, 6.07) is 1.84. The number of aliphatic carboxylic acids is 1. The molecule has 0 aliphatic heterocycles. The van der Waals surface area contributed by atoms with Gasteiger partial charge in [0.1, 0.15) is 6.79 Å². The van der Waals surface area contributed by atoms with Gasteiger partial charge in [-0.05, 0) is 0 Å². The van der Waals surface area contributed by atoms with Gasteiger partial charge in [0.25, 0.3) is 0 Å². The van der Waals surface area contributed by atoms with Crippen LogP contribution in [0.25, 0.3) is 0 Å². The molecule has 0 aliphatic carbocycles. The van der Waals surface area contributed by atoms with E-state index in [-0.39, 0.29) is 19.6 Å². The molecule has 0 unspecified atom stereocenters. The second-order valence-electron chi connectivity index (χ2n) is 2.16. The number of ether oxygens (including phenoxy) is 2. The Kier molecular flexibility index (Phi) is 5.97. The van der Waals surface area contributed by atoms with E-state index in [0.29, 0.717) is 0 Å². The molecule has 0 rings (SSSR count). The smallest absolute Gasteiger partial charge is 0.306 e. The van der Waals surface area contributed by atoms with Gasteiger partial charge < -0.3 is 14.6 Å². The summed E-state index contributed by atoms with van der Waals surface area (Å²) in [5, 5.41) is 16.7. The molecular weight excluding hydrogens is 162 g/mol. The highest BCUT2D eigenvalue weighted by atomic mass is 16.7. The van der Waals surface area contributed by atoms with E-state index in [1.807, 2.05) is 6.07 Å². The van der Waals surface area contributed by atoms with Crippen molar-refractivity contribution in [2.24, 2.45) is 0 Å². The lowest BCUT2D eigenvalue weighted by Crippen LogP contribution is -2.18. The molecule has 0 saturated carbocycles. The number of hydrogen-bond acceptors (Lipinski definition) is 4. The Labute approximate surface area is 70.5 Å². The zero-order valence-electron chi connectivity index (χ0n) is 6.82. The van der Waals surface area contributed by atoms with Gasteiger partial charge in [0, 0.05) is 7.11 Å². The van der Waals surface area contributed by atoms with Crippen LogP contribution >= 0.6 is 0 Å². The average Bonchev–Trinajstić information content (AvgIpc) is 2.00. The fourth-order valence-corrected chi connectivity index (χ4v) is 0.651. The molecule has 68 valence electrons. The molecule has 0 radical (unpaired) electrons. The molecule has 0 fully saturated rings. The van der Waals surface area contributed by atoms with Crippen LogP contribution in [0.1, 0.15) is 12.8 Å². The Balaban J connectivity index is 3.71. The Hall–Kier alpha value is -1.12. The van der Waals surface area contributed by atoms with Crippen molar-refractivity contribution < 1.29 is 19.4 Å². The summed E-state index contributed by atoms with van der Waals surface area (Å²) < 4.78 is 9.49. The summed E-state index contributed by atoms with van der Waals surface area (Å²) in [7, 11) is 1.43. The normalized spacial score (nSPS) is 12.0. The fraction of sp³-hybridized carbons (Fsp3) is 0.714. The molecule has 0 spiro atoms. The molecule has 5 heteroatoms. The number of nitriles is 1. The van der Waals surface area contributed by atoms with Crippen LogP contribution in [0, 0.1) is 11.3 Å². The largest absolute Gasteiger partial charge is 0.481 e. The fourth-order valence-electron chi connectivity index (χ4n) is 0.651. The zero-order chi connectivity index (χ0) is 9.40. The van der Waals surface area contributed by atoms with E-state index in [0.717, 1.165) is 0 Å². The van der Waals surface area contributed by atoms with E-state index in [1.165, 1.54) is 7.11 Å². The predicted molar refractivity (Wildman–Crippen MR) is 39.2 cm³/mol. The van der Waals surface area contributed by atoms with Crippen LogP contribution in [0.5, 0.6) is 0 Å². The van der Waals surface area contributed by atoms with E-state index < -0.39 is 12.1 Å². The van der Waals surface area contributed by atoms with Crippen LogP contribution in [0.15, 0.2) is 0 Å². The third-order valence-corrected chi connectivity index (χ3v) is 1.14. The van der Waals surface area contributed by atoms with Gasteiger partial charge in [-0.25, -0.2) is 0 Å². The highest BCUT2D eigenvalue weighted by molar-refractivity contribution is 5.67. The minimum atomic E-state index is -0.980. The zero-order valence-corrected chi connectivity index (χ0v) is 6.82. The van der Waals surface area contributed by atoms with E-state index >= 15 is 0 Å². The van der Waals surface area contributed by atoms with Gasteiger partial charge in [0.15, 0.2) is 0 Å². The quantitative estimate of drug-likeness (QED) is 0.587. The van der Waals surface area contributed by atoms with Crippen molar-refractivity contribution >= 4 is 5.97 Å². The highest BCUT2D eigenvalue weighted by Crippen LogP contribution is 2.02. The number of hydrogen-bond donors (Lipinski definition) is 1. The molecule has 1 N–H and O–H groups in total. The first-order valence-corrected chi connectivity index (χ1v) is 3.40. The van der Waals surface area contributed by atoms with Gasteiger partial charge in [-0.2, -0.15) is 5.26 Å². The summed E-state index contributed by atoms with van der Waals surface area (Å²) in [5.41, 5.74) is 0. The first-order chi connectivity index (χ1) is 5.70. The molecule has 0 aromatic rings. The topological polar surface area (TPSA) is 79.5 Å². The molecule has 0 heterocycles. The number of rotatable bonds is 6. The second kappa shape index (κ2) is 6.58. The van der Waals surface area contributed by atoms with Gasteiger partial charge in [0.05, 0.1) is 25.0 Å². The van der Waals surface area contributed by atoms with Crippen molar-refractivity contribution in [3.63, 3.8) is 0 Å². The van der Waals surface area contributed by atoms with Crippen LogP contribution in [-0.4, -0.2) is 31.1 Å². The molecule has 0 saturated heterocycles. The summed E-state index contributed by atoms with van der Waals surface area (Å²) in [4.78, 5) is 10.2.